The molecule has 0 spiro atoms. The molecule has 20 heavy (non-hydrogen) atoms. The fourth-order valence-corrected chi connectivity index (χ4v) is 2.16. The van der Waals surface area contributed by atoms with Gasteiger partial charge in [-0.2, -0.15) is 0 Å². The lowest BCUT2D eigenvalue weighted by Crippen LogP contribution is -2.70. The molecule has 1 unspecified atom stereocenters. The van der Waals surface area contributed by atoms with Gasteiger partial charge in [0.05, 0.1) is 0 Å². The number of carbonyl (C=O) groups is 3. The topological polar surface area (TPSA) is 78.5 Å². The maximum absolute atomic E-state index is 12.3. The minimum Gasteiger partial charge on any atom is -0.357 e. The average Bonchev–Trinajstić information content (AvgIpc) is 2.33. The van der Waals surface area contributed by atoms with Crippen LogP contribution in [0, 0.1) is 5.41 Å². The molecule has 3 amide bonds. The lowest BCUT2D eigenvalue weighted by Gasteiger charge is -2.51. The lowest BCUT2D eigenvalue weighted by molar-refractivity contribution is -0.163. The van der Waals surface area contributed by atoms with Crippen molar-refractivity contribution in [2.24, 2.45) is 5.41 Å². The van der Waals surface area contributed by atoms with E-state index in [1.807, 2.05) is 20.8 Å². The molecule has 6 heteroatoms. The number of carbonyl (C=O) groups excluding carboxylic acids is 3. The van der Waals surface area contributed by atoms with Crippen LogP contribution in [-0.4, -0.2) is 47.8 Å². The summed E-state index contributed by atoms with van der Waals surface area (Å²) in [6, 6.07) is -0.614. The number of nitrogens with zero attached hydrogens (tertiary/aromatic N) is 1. The van der Waals surface area contributed by atoms with E-state index < -0.39 is 17.0 Å². The molecule has 0 aromatic carbocycles. The second-order valence-electron chi connectivity index (χ2n) is 6.54. The fourth-order valence-electron chi connectivity index (χ4n) is 2.16. The molecule has 2 N–H and O–H groups in total. The Kier molecular flexibility index (Phi) is 4.46. The molecule has 1 saturated heterocycles. The molecule has 1 aliphatic rings. The molecular formula is C14H25N3O3. The quantitative estimate of drug-likeness (QED) is 0.780. The zero-order valence-electron chi connectivity index (χ0n) is 13.2. The van der Waals surface area contributed by atoms with Crippen molar-refractivity contribution in [1.29, 1.82) is 0 Å². The van der Waals surface area contributed by atoms with Crippen LogP contribution in [-0.2, 0) is 14.4 Å². The van der Waals surface area contributed by atoms with Crippen molar-refractivity contribution >= 4 is 17.7 Å². The Hall–Kier alpha value is -1.59. The van der Waals surface area contributed by atoms with Gasteiger partial charge in [-0.3, -0.25) is 14.4 Å². The highest BCUT2D eigenvalue weighted by atomic mass is 16.2. The van der Waals surface area contributed by atoms with Gasteiger partial charge in [0.25, 0.3) is 0 Å². The van der Waals surface area contributed by atoms with E-state index in [0.717, 1.165) is 0 Å². The maximum atomic E-state index is 12.3. The van der Waals surface area contributed by atoms with E-state index >= 15 is 0 Å². The van der Waals surface area contributed by atoms with Gasteiger partial charge in [-0.25, -0.2) is 0 Å². The molecule has 0 aromatic rings. The van der Waals surface area contributed by atoms with E-state index in [1.54, 1.807) is 18.7 Å². The van der Waals surface area contributed by atoms with Crippen molar-refractivity contribution in [3.05, 3.63) is 0 Å². The first-order chi connectivity index (χ1) is 9.04. The number of rotatable bonds is 3. The zero-order valence-corrected chi connectivity index (χ0v) is 13.2. The zero-order chi connectivity index (χ0) is 15.7. The average molecular weight is 283 g/mol. The summed E-state index contributed by atoms with van der Waals surface area (Å²) in [7, 11) is 1.52. The van der Waals surface area contributed by atoms with E-state index in [1.165, 1.54) is 7.05 Å². The number of amides is 3. The highest BCUT2D eigenvalue weighted by Gasteiger charge is 2.51. The third-order valence-corrected chi connectivity index (χ3v) is 3.78. The van der Waals surface area contributed by atoms with Gasteiger partial charge in [0.2, 0.25) is 17.7 Å². The molecule has 0 bridgehead atoms. The molecule has 0 saturated carbocycles. The van der Waals surface area contributed by atoms with E-state index in [2.05, 4.69) is 10.6 Å². The van der Waals surface area contributed by atoms with Crippen molar-refractivity contribution in [1.82, 2.24) is 15.5 Å². The Balaban J connectivity index is 2.77. The molecule has 114 valence electrons. The first-order valence-corrected chi connectivity index (χ1v) is 6.88. The molecule has 1 aliphatic heterocycles. The second kappa shape index (κ2) is 5.42. The summed E-state index contributed by atoms with van der Waals surface area (Å²) in [5.41, 5.74) is -1.37. The third kappa shape index (κ3) is 2.94. The van der Waals surface area contributed by atoms with Crippen LogP contribution in [0.25, 0.3) is 0 Å². The van der Waals surface area contributed by atoms with Gasteiger partial charge in [0.15, 0.2) is 0 Å². The highest BCUT2D eigenvalue weighted by molar-refractivity contribution is 5.96. The number of hydrogen-bond acceptors (Lipinski definition) is 3. The first-order valence-electron chi connectivity index (χ1n) is 6.88. The predicted octanol–water partition coefficient (Wildman–Crippen LogP) is 0.274. The molecule has 1 rings (SSSR count). The highest BCUT2D eigenvalue weighted by Crippen LogP contribution is 2.34. The van der Waals surface area contributed by atoms with Crippen LogP contribution >= 0.6 is 0 Å². The minimum atomic E-state index is -0.855. The largest absolute Gasteiger partial charge is 0.357 e. The predicted molar refractivity (Wildman–Crippen MR) is 75.9 cm³/mol. The standard InChI is InChI=1S/C14H25N3O3/c1-9(10(18)15-6)16-11(19)14(5)7-8-17(14)12(20)13(2,3)4/h9H,7-8H2,1-6H3,(H,15,18)(H,16,19)/t9-,14?/m0/s1. The summed E-state index contributed by atoms with van der Waals surface area (Å²) >= 11 is 0. The van der Waals surface area contributed by atoms with Crippen molar-refractivity contribution in [3.63, 3.8) is 0 Å². The Labute approximate surface area is 120 Å². The van der Waals surface area contributed by atoms with Crippen molar-refractivity contribution < 1.29 is 14.4 Å². The fraction of sp³-hybridized carbons (Fsp3) is 0.786. The molecule has 2 atom stereocenters. The summed E-state index contributed by atoms with van der Waals surface area (Å²) in [6.07, 6.45) is 0.612. The Morgan fingerprint density at radius 3 is 2.15 bits per heavy atom. The van der Waals surface area contributed by atoms with Crippen LogP contribution in [0.5, 0.6) is 0 Å². The second-order valence-corrected chi connectivity index (χ2v) is 6.54. The van der Waals surface area contributed by atoms with Gasteiger partial charge < -0.3 is 15.5 Å². The summed E-state index contributed by atoms with van der Waals surface area (Å²) in [6.45, 7) is 9.44. The molecular weight excluding hydrogens is 258 g/mol. The molecule has 0 radical (unpaired) electrons. The monoisotopic (exact) mass is 283 g/mol. The van der Waals surface area contributed by atoms with Gasteiger partial charge in [0.1, 0.15) is 11.6 Å². The Morgan fingerprint density at radius 1 is 1.25 bits per heavy atom. The maximum Gasteiger partial charge on any atom is 0.246 e. The van der Waals surface area contributed by atoms with Crippen LogP contribution in [0.4, 0.5) is 0 Å². The number of nitrogens with one attached hydrogen (secondary N) is 2. The number of hydrogen-bond donors (Lipinski definition) is 2. The lowest BCUT2D eigenvalue weighted by atomic mass is 9.81. The van der Waals surface area contributed by atoms with Crippen LogP contribution in [0.3, 0.4) is 0 Å². The summed E-state index contributed by atoms with van der Waals surface area (Å²) in [5.74, 6) is -0.582. The first kappa shape index (κ1) is 16.5. The number of likely N-dealkylation sites (N-methyl/N-ethyl adjacent to an activating group) is 1. The van der Waals surface area contributed by atoms with Crippen molar-refractivity contribution in [2.45, 2.75) is 52.6 Å². The molecule has 0 aliphatic carbocycles. The van der Waals surface area contributed by atoms with Gasteiger partial charge in [-0.15, -0.1) is 0 Å². The normalized spacial score (nSPS) is 23.6. The molecule has 1 heterocycles. The van der Waals surface area contributed by atoms with Gasteiger partial charge in [-0.05, 0) is 20.3 Å². The molecule has 0 aromatic heterocycles. The van der Waals surface area contributed by atoms with E-state index in [0.29, 0.717) is 13.0 Å². The smallest absolute Gasteiger partial charge is 0.246 e. The van der Waals surface area contributed by atoms with Crippen LogP contribution in [0.2, 0.25) is 0 Å². The van der Waals surface area contributed by atoms with Gasteiger partial charge >= 0.3 is 0 Å². The van der Waals surface area contributed by atoms with Crippen LogP contribution < -0.4 is 10.6 Å². The van der Waals surface area contributed by atoms with E-state index in [-0.39, 0.29) is 17.7 Å². The summed E-state index contributed by atoms with van der Waals surface area (Å²) < 4.78 is 0. The van der Waals surface area contributed by atoms with Crippen molar-refractivity contribution in [3.8, 4) is 0 Å². The minimum absolute atomic E-state index is 0.0472. The van der Waals surface area contributed by atoms with E-state index in [9.17, 15) is 14.4 Å². The molecule has 6 nitrogen and oxygen atoms in total. The molecule has 1 fully saturated rings. The third-order valence-electron chi connectivity index (χ3n) is 3.78. The Morgan fingerprint density at radius 2 is 1.80 bits per heavy atom. The SMILES string of the molecule is CNC(=O)[C@H](C)NC(=O)C1(C)CCN1C(=O)C(C)(C)C. The number of likely N-dealkylation sites (tertiary alicyclic amines) is 1. The Bertz CT molecular complexity index is 428. The summed E-state index contributed by atoms with van der Waals surface area (Å²) in [5, 5.41) is 5.15. The van der Waals surface area contributed by atoms with Crippen molar-refractivity contribution in [2.75, 3.05) is 13.6 Å². The van der Waals surface area contributed by atoms with Gasteiger partial charge in [-0.1, -0.05) is 20.8 Å². The van der Waals surface area contributed by atoms with Crippen LogP contribution in [0.15, 0.2) is 0 Å². The van der Waals surface area contributed by atoms with Crippen LogP contribution in [0.1, 0.15) is 41.0 Å². The van der Waals surface area contributed by atoms with E-state index in [4.69, 9.17) is 0 Å². The van der Waals surface area contributed by atoms with Gasteiger partial charge in [0, 0.05) is 19.0 Å². The summed E-state index contributed by atoms with van der Waals surface area (Å²) in [4.78, 5) is 37.7.